The first-order chi connectivity index (χ1) is 13.7. The Kier molecular flexibility index (Phi) is 3.93. The van der Waals surface area contributed by atoms with Crippen molar-refractivity contribution in [1.29, 1.82) is 0 Å². The summed E-state index contributed by atoms with van der Waals surface area (Å²) in [5.74, 6) is 0.883. The number of aryl methyl sites for hydroxylation is 2. The van der Waals surface area contributed by atoms with Crippen LogP contribution in [0.15, 0.2) is 50.0 Å². The lowest BCUT2D eigenvalue weighted by molar-refractivity contribution is -0.118. The van der Waals surface area contributed by atoms with Gasteiger partial charge in [0.2, 0.25) is 0 Å². The Bertz CT molecular complexity index is 1250. The molecule has 2 aromatic heterocycles. The lowest BCUT2D eigenvalue weighted by atomic mass is 9.96. The van der Waals surface area contributed by atoms with Crippen molar-refractivity contribution in [3.8, 4) is 5.75 Å². The standard InChI is InChI=1S/C21H18N2O5/c24-20(22-12-5-7-19-16(9-12)23-21(25)28-19)11-26-13-6-8-18-15(10-13)14-3-1-2-4-17(14)27-18/h5-10H,1-4,11H2,(H,22,24)(H,23,25). The van der Waals surface area contributed by atoms with E-state index in [1.54, 1.807) is 18.2 Å². The molecule has 0 saturated carbocycles. The monoisotopic (exact) mass is 378 g/mol. The van der Waals surface area contributed by atoms with Crippen LogP contribution in [0.4, 0.5) is 5.69 Å². The number of hydrogen-bond donors (Lipinski definition) is 2. The summed E-state index contributed by atoms with van der Waals surface area (Å²) in [6, 6.07) is 10.6. The molecule has 7 nitrogen and oxygen atoms in total. The third-order valence-corrected chi connectivity index (χ3v) is 5.00. The molecule has 0 aliphatic heterocycles. The van der Waals surface area contributed by atoms with E-state index in [4.69, 9.17) is 13.6 Å². The summed E-state index contributed by atoms with van der Waals surface area (Å²) in [7, 11) is 0. The first-order valence-electron chi connectivity index (χ1n) is 9.25. The topological polar surface area (TPSA) is 97.5 Å². The number of H-pyrrole nitrogens is 1. The second kappa shape index (κ2) is 6.60. The van der Waals surface area contributed by atoms with E-state index >= 15 is 0 Å². The zero-order chi connectivity index (χ0) is 19.1. The molecule has 0 saturated heterocycles. The van der Waals surface area contributed by atoms with E-state index in [0.29, 0.717) is 22.5 Å². The van der Waals surface area contributed by atoms with Crippen LogP contribution in [0.1, 0.15) is 24.2 Å². The molecule has 0 radical (unpaired) electrons. The van der Waals surface area contributed by atoms with Gasteiger partial charge in [-0.25, -0.2) is 4.79 Å². The molecular formula is C21H18N2O5. The number of nitrogens with one attached hydrogen (secondary N) is 2. The number of carbonyl (C=O) groups is 1. The Morgan fingerprint density at radius 2 is 1.93 bits per heavy atom. The number of amides is 1. The summed E-state index contributed by atoms with van der Waals surface area (Å²) in [6.07, 6.45) is 4.33. The number of oxazole rings is 1. The molecule has 0 atom stereocenters. The highest BCUT2D eigenvalue weighted by atomic mass is 16.5. The van der Waals surface area contributed by atoms with Gasteiger partial charge in [0.25, 0.3) is 5.91 Å². The van der Waals surface area contributed by atoms with Gasteiger partial charge < -0.3 is 18.9 Å². The largest absolute Gasteiger partial charge is 0.484 e. The average Bonchev–Trinajstić information content (AvgIpc) is 3.25. The first-order valence-corrected chi connectivity index (χ1v) is 9.25. The first kappa shape index (κ1) is 16.7. The normalized spacial score (nSPS) is 13.6. The van der Waals surface area contributed by atoms with Crippen molar-refractivity contribution in [1.82, 2.24) is 4.98 Å². The predicted molar refractivity (Wildman–Crippen MR) is 104 cm³/mol. The Morgan fingerprint density at radius 1 is 1.07 bits per heavy atom. The number of rotatable bonds is 4. The van der Waals surface area contributed by atoms with Crippen LogP contribution in [-0.4, -0.2) is 17.5 Å². The van der Waals surface area contributed by atoms with E-state index in [1.165, 1.54) is 12.0 Å². The molecule has 1 amide bonds. The summed E-state index contributed by atoms with van der Waals surface area (Å²) in [5, 5.41) is 3.82. The van der Waals surface area contributed by atoms with E-state index in [0.717, 1.165) is 36.0 Å². The van der Waals surface area contributed by atoms with Gasteiger partial charge in [0.15, 0.2) is 12.2 Å². The minimum Gasteiger partial charge on any atom is -0.484 e. The van der Waals surface area contributed by atoms with Gasteiger partial charge in [-0.1, -0.05) is 0 Å². The number of hydrogen-bond acceptors (Lipinski definition) is 5. The third kappa shape index (κ3) is 3.05. The molecule has 2 N–H and O–H groups in total. The molecule has 142 valence electrons. The molecule has 1 aliphatic carbocycles. The van der Waals surface area contributed by atoms with Crippen LogP contribution in [0.25, 0.3) is 22.1 Å². The zero-order valence-corrected chi connectivity index (χ0v) is 15.0. The summed E-state index contributed by atoms with van der Waals surface area (Å²) in [4.78, 5) is 26.0. The van der Waals surface area contributed by atoms with E-state index in [9.17, 15) is 9.59 Å². The summed E-state index contributed by atoms with van der Waals surface area (Å²) in [6.45, 7) is -0.120. The minimum absolute atomic E-state index is 0.120. The van der Waals surface area contributed by atoms with E-state index < -0.39 is 5.76 Å². The number of aromatic nitrogens is 1. The molecule has 2 heterocycles. The van der Waals surface area contributed by atoms with Crippen LogP contribution in [0, 0.1) is 0 Å². The molecule has 1 aliphatic rings. The molecule has 0 unspecified atom stereocenters. The van der Waals surface area contributed by atoms with Gasteiger partial charge in [-0.15, -0.1) is 0 Å². The maximum atomic E-state index is 12.2. The van der Waals surface area contributed by atoms with Gasteiger partial charge in [-0.3, -0.25) is 9.78 Å². The number of ether oxygens (including phenoxy) is 1. The highest BCUT2D eigenvalue weighted by Gasteiger charge is 2.18. The van der Waals surface area contributed by atoms with Gasteiger partial charge in [-0.05, 0) is 55.7 Å². The van der Waals surface area contributed by atoms with Crippen molar-refractivity contribution in [2.24, 2.45) is 0 Å². The Labute approximate surface area is 159 Å². The van der Waals surface area contributed by atoms with Gasteiger partial charge >= 0.3 is 5.76 Å². The van der Waals surface area contributed by atoms with Crippen molar-refractivity contribution in [3.63, 3.8) is 0 Å². The molecule has 5 rings (SSSR count). The van der Waals surface area contributed by atoms with Crippen molar-refractivity contribution in [2.75, 3.05) is 11.9 Å². The van der Waals surface area contributed by atoms with Gasteiger partial charge in [-0.2, -0.15) is 0 Å². The molecule has 28 heavy (non-hydrogen) atoms. The van der Waals surface area contributed by atoms with Crippen molar-refractivity contribution in [3.05, 3.63) is 58.3 Å². The molecule has 4 aromatic rings. The molecular weight excluding hydrogens is 360 g/mol. The van der Waals surface area contributed by atoms with Gasteiger partial charge in [0, 0.05) is 23.1 Å². The summed E-state index contributed by atoms with van der Waals surface area (Å²) in [5.41, 5.74) is 3.65. The average molecular weight is 378 g/mol. The van der Waals surface area contributed by atoms with Crippen LogP contribution in [0.2, 0.25) is 0 Å². The summed E-state index contributed by atoms with van der Waals surface area (Å²) >= 11 is 0. The highest BCUT2D eigenvalue weighted by Crippen LogP contribution is 2.33. The third-order valence-electron chi connectivity index (χ3n) is 5.00. The molecule has 0 fully saturated rings. The van der Waals surface area contributed by atoms with E-state index in [1.807, 2.05) is 18.2 Å². The van der Waals surface area contributed by atoms with Crippen molar-refractivity contribution >= 4 is 33.7 Å². The quantitative estimate of drug-likeness (QED) is 0.563. The fourth-order valence-corrected chi connectivity index (χ4v) is 3.71. The fourth-order valence-electron chi connectivity index (χ4n) is 3.71. The number of benzene rings is 2. The number of fused-ring (bicyclic) bond motifs is 4. The van der Waals surface area contributed by atoms with Gasteiger partial charge in [0.05, 0.1) is 5.52 Å². The second-order valence-corrected chi connectivity index (χ2v) is 6.93. The smallest absolute Gasteiger partial charge is 0.417 e. The van der Waals surface area contributed by atoms with Crippen LogP contribution in [0.3, 0.4) is 0 Å². The number of aromatic amines is 1. The fraction of sp³-hybridized carbons (Fsp3) is 0.238. The van der Waals surface area contributed by atoms with Crippen LogP contribution in [0.5, 0.6) is 5.75 Å². The Morgan fingerprint density at radius 3 is 2.86 bits per heavy atom. The highest BCUT2D eigenvalue weighted by molar-refractivity contribution is 5.93. The maximum absolute atomic E-state index is 12.2. The predicted octanol–water partition coefficient (Wildman–Crippen LogP) is 3.76. The van der Waals surface area contributed by atoms with E-state index in [-0.39, 0.29) is 12.5 Å². The molecule has 0 bridgehead atoms. The Hall–Kier alpha value is -3.48. The zero-order valence-electron chi connectivity index (χ0n) is 15.0. The lowest BCUT2D eigenvalue weighted by Gasteiger charge is -2.09. The van der Waals surface area contributed by atoms with Crippen LogP contribution in [-0.2, 0) is 17.6 Å². The number of furan rings is 1. The van der Waals surface area contributed by atoms with Crippen LogP contribution < -0.4 is 15.8 Å². The molecule has 7 heteroatoms. The molecule has 0 spiro atoms. The van der Waals surface area contributed by atoms with E-state index in [2.05, 4.69) is 10.3 Å². The maximum Gasteiger partial charge on any atom is 0.417 e. The summed E-state index contributed by atoms with van der Waals surface area (Å²) < 4.78 is 16.5. The Balaban J connectivity index is 1.28. The minimum atomic E-state index is -0.529. The molecule has 2 aromatic carbocycles. The van der Waals surface area contributed by atoms with Crippen molar-refractivity contribution < 1.29 is 18.4 Å². The number of anilines is 1. The van der Waals surface area contributed by atoms with Crippen molar-refractivity contribution in [2.45, 2.75) is 25.7 Å². The lowest BCUT2D eigenvalue weighted by Crippen LogP contribution is -2.20. The SMILES string of the molecule is O=C(COc1ccc2oc3c(c2c1)CCCC3)Nc1ccc2oc(=O)[nH]c2c1. The van der Waals surface area contributed by atoms with Gasteiger partial charge in [0.1, 0.15) is 17.1 Å². The second-order valence-electron chi connectivity index (χ2n) is 6.93. The number of carbonyl (C=O) groups excluding carboxylic acids is 1. The van der Waals surface area contributed by atoms with Crippen LogP contribution >= 0.6 is 0 Å².